The Morgan fingerprint density at radius 3 is 3.00 bits per heavy atom. The third-order valence-electron chi connectivity index (χ3n) is 3.17. The highest BCUT2D eigenvalue weighted by Gasteiger charge is 2.14. The number of aromatic nitrogens is 3. The molecule has 0 saturated carbocycles. The van der Waals surface area contributed by atoms with Crippen LogP contribution in [0.1, 0.15) is 17.3 Å². The molecule has 0 spiro atoms. The summed E-state index contributed by atoms with van der Waals surface area (Å²) in [4.78, 5) is 15.3. The summed E-state index contributed by atoms with van der Waals surface area (Å²) in [6, 6.07) is 9.70. The topological polar surface area (TPSA) is 79.5 Å². The summed E-state index contributed by atoms with van der Waals surface area (Å²) >= 11 is 0. The quantitative estimate of drug-likeness (QED) is 0.768. The van der Waals surface area contributed by atoms with Gasteiger partial charge < -0.3 is 10.4 Å². The van der Waals surface area contributed by atoms with E-state index < -0.39 is 5.97 Å². The monoisotopic (exact) mass is 282 g/mol. The SMILES string of the molecule is CCNc1cccc(-c2ccnc3c(C(=O)O)cnn23)c1. The molecule has 0 radical (unpaired) electrons. The Morgan fingerprint density at radius 1 is 1.38 bits per heavy atom. The Morgan fingerprint density at radius 2 is 2.24 bits per heavy atom. The van der Waals surface area contributed by atoms with Crippen molar-refractivity contribution in [2.75, 3.05) is 11.9 Å². The second-order valence-electron chi connectivity index (χ2n) is 4.54. The molecule has 1 aromatic carbocycles. The van der Waals surface area contributed by atoms with E-state index in [1.165, 1.54) is 6.20 Å². The van der Waals surface area contributed by atoms with Gasteiger partial charge in [0.05, 0.1) is 11.9 Å². The number of nitrogens with zero attached hydrogens (tertiary/aromatic N) is 3. The van der Waals surface area contributed by atoms with Gasteiger partial charge in [0.25, 0.3) is 0 Å². The molecule has 0 unspecified atom stereocenters. The molecule has 21 heavy (non-hydrogen) atoms. The van der Waals surface area contributed by atoms with Gasteiger partial charge in [-0.15, -0.1) is 0 Å². The minimum atomic E-state index is -1.03. The smallest absolute Gasteiger partial charge is 0.341 e. The first kappa shape index (κ1) is 13.1. The Kier molecular flexibility index (Phi) is 3.27. The molecule has 0 aliphatic rings. The van der Waals surface area contributed by atoms with Gasteiger partial charge >= 0.3 is 5.97 Å². The minimum Gasteiger partial charge on any atom is -0.477 e. The first-order valence-corrected chi connectivity index (χ1v) is 6.61. The maximum Gasteiger partial charge on any atom is 0.341 e. The van der Waals surface area contributed by atoms with Crippen molar-refractivity contribution in [2.45, 2.75) is 6.92 Å². The fraction of sp³-hybridized carbons (Fsp3) is 0.133. The van der Waals surface area contributed by atoms with Crippen LogP contribution >= 0.6 is 0 Å². The number of hydrogen-bond donors (Lipinski definition) is 2. The van der Waals surface area contributed by atoms with E-state index in [-0.39, 0.29) is 5.56 Å². The Balaban J connectivity index is 2.16. The number of benzene rings is 1. The van der Waals surface area contributed by atoms with Gasteiger partial charge in [0, 0.05) is 24.0 Å². The summed E-state index contributed by atoms with van der Waals surface area (Å²) in [5.74, 6) is -1.03. The van der Waals surface area contributed by atoms with Crippen LogP contribution in [-0.2, 0) is 0 Å². The summed E-state index contributed by atoms with van der Waals surface area (Å²) in [7, 11) is 0. The number of aromatic carboxylic acids is 1. The van der Waals surface area contributed by atoms with Crippen molar-refractivity contribution >= 4 is 17.3 Å². The van der Waals surface area contributed by atoms with Crippen LogP contribution in [0.15, 0.2) is 42.7 Å². The van der Waals surface area contributed by atoms with Gasteiger partial charge in [-0.2, -0.15) is 5.10 Å². The molecule has 2 aromatic heterocycles. The predicted octanol–water partition coefficient (Wildman–Crippen LogP) is 2.53. The van der Waals surface area contributed by atoms with Gasteiger partial charge in [-0.1, -0.05) is 12.1 Å². The molecular formula is C15H14N4O2. The highest BCUT2D eigenvalue weighted by atomic mass is 16.4. The van der Waals surface area contributed by atoms with Crippen LogP contribution in [0.4, 0.5) is 5.69 Å². The van der Waals surface area contributed by atoms with Crippen molar-refractivity contribution < 1.29 is 9.90 Å². The van der Waals surface area contributed by atoms with Crippen LogP contribution < -0.4 is 5.32 Å². The minimum absolute atomic E-state index is 0.0969. The zero-order valence-electron chi connectivity index (χ0n) is 11.4. The molecule has 6 heteroatoms. The normalized spacial score (nSPS) is 10.7. The third kappa shape index (κ3) is 2.31. The van der Waals surface area contributed by atoms with E-state index in [0.29, 0.717) is 5.65 Å². The average molecular weight is 282 g/mol. The highest BCUT2D eigenvalue weighted by molar-refractivity contribution is 5.94. The molecular weight excluding hydrogens is 268 g/mol. The van der Waals surface area contributed by atoms with Gasteiger partial charge in [0.2, 0.25) is 0 Å². The Bertz CT molecular complexity index is 810. The largest absolute Gasteiger partial charge is 0.477 e. The fourth-order valence-corrected chi connectivity index (χ4v) is 2.25. The van der Waals surface area contributed by atoms with Crippen LogP contribution in [0.25, 0.3) is 16.9 Å². The van der Waals surface area contributed by atoms with Crippen molar-refractivity contribution in [3.05, 3.63) is 48.3 Å². The van der Waals surface area contributed by atoms with Crippen molar-refractivity contribution in [3.63, 3.8) is 0 Å². The van der Waals surface area contributed by atoms with E-state index >= 15 is 0 Å². The van der Waals surface area contributed by atoms with Crippen LogP contribution in [0, 0.1) is 0 Å². The summed E-state index contributed by atoms with van der Waals surface area (Å²) in [6.45, 7) is 2.87. The third-order valence-corrected chi connectivity index (χ3v) is 3.17. The van der Waals surface area contributed by atoms with E-state index in [0.717, 1.165) is 23.5 Å². The fourth-order valence-electron chi connectivity index (χ4n) is 2.25. The maximum atomic E-state index is 11.2. The lowest BCUT2D eigenvalue weighted by Crippen LogP contribution is -2.00. The van der Waals surface area contributed by atoms with E-state index in [4.69, 9.17) is 5.11 Å². The molecule has 0 bridgehead atoms. The number of carboxylic acid groups (broad SMARTS) is 1. The highest BCUT2D eigenvalue weighted by Crippen LogP contribution is 2.23. The predicted molar refractivity (Wildman–Crippen MR) is 79.5 cm³/mol. The summed E-state index contributed by atoms with van der Waals surface area (Å²) in [5, 5.41) is 16.5. The van der Waals surface area contributed by atoms with Crippen LogP contribution in [0.2, 0.25) is 0 Å². The van der Waals surface area contributed by atoms with Crippen LogP contribution in [0.3, 0.4) is 0 Å². The Labute approximate surface area is 121 Å². The number of fused-ring (bicyclic) bond motifs is 1. The van der Waals surface area contributed by atoms with Crippen molar-refractivity contribution in [2.24, 2.45) is 0 Å². The van der Waals surface area contributed by atoms with Crippen molar-refractivity contribution in [1.29, 1.82) is 0 Å². The molecule has 2 N–H and O–H groups in total. The number of hydrogen-bond acceptors (Lipinski definition) is 4. The number of nitrogens with one attached hydrogen (secondary N) is 1. The standard InChI is InChI=1S/C15H14N4O2/c1-2-16-11-5-3-4-10(8-11)13-6-7-17-14-12(15(20)21)9-18-19(13)14/h3-9,16H,2H2,1H3,(H,20,21). The number of rotatable bonds is 4. The van der Waals surface area contributed by atoms with E-state index in [1.807, 2.05) is 37.3 Å². The molecule has 0 aliphatic heterocycles. The van der Waals surface area contributed by atoms with E-state index in [9.17, 15) is 4.79 Å². The number of anilines is 1. The molecule has 0 amide bonds. The van der Waals surface area contributed by atoms with Gasteiger partial charge in [-0.25, -0.2) is 14.3 Å². The molecule has 3 rings (SSSR count). The Hall–Kier alpha value is -2.89. The molecule has 0 atom stereocenters. The van der Waals surface area contributed by atoms with Gasteiger partial charge in [0.1, 0.15) is 5.56 Å². The molecule has 106 valence electrons. The summed E-state index contributed by atoms with van der Waals surface area (Å²) in [6.07, 6.45) is 2.92. The lowest BCUT2D eigenvalue weighted by Gasteiger charge is -2.08. The zero-order chi connectivity index (χ0) is 14.8. The van der Waals surface area contributed by atoms with Crippen molar-refractivity contribution in [3.8, 4) is 11.3 Å². The molecule has 3 aromatic rings. The first-order chi connectivity index (χ1) is 10.2. The first-order valence-electron chi connectivity index (χ1n) is 6.61. The van der Waals surface area contributed by atoms with E-state index in [1.54, 1.807) is 10.7 Å². The second-order valence-corrected chi connectivity index (χ2v) is 4.54. The summed E-state index contributed by atoms with van der Waals surface area (Å²) < 4.78 is 1.55. The maximum absolute atomic E-state index is 11.2. The van der Waals surface area contributed by atoms with Crippen LogP contribution in [-0.4, -0.2) is 32.2 Å². The lowest BCUT2D eigenvalue weighted by atomic mass is 10.1. The molecule has 0 saturated heterocycles. The molecule has 2 heterocycles. The molecule has 6 nitrogen and oxygen atoms in total. The zero-order valence-corrected chi connectivity index (χ0v) is 11.4. The van der Waals surface area contributed by atoms with Crippen LogP contribution in [0.5, 0.6) is 0 Å². The lowest BCUT2D eigenvalue weighted by molar-refractivity contribution is 0.0699. The van der Waals surface area contributed by atoms with Gasteiger partial charge in [-0.3, -0.25) is 0 Å². The number of carboxylic acids is 1. The molecule has 0 aliphatic carbocycles. The molecule has 0 fully saturated rings. The summed E-state index contributed by atoms with van der Waals surface area (Å²) in [5.41, 5.74) is 3.19. The van der Waals surface area contributed by atoms with E-state index in [2.05, 4.69) is 15.4 Å². The average Bonchev–Trinajstić information content (AvgIpc) is 2.92. The second kappa shape index (κ2) is 5.24. The van der Waals surface area contributed by atoms with Gasteiger partial charge in [-0.05, 0) is 25.1 Å². The number of carbonyl (C=O) groups is 1. The van der Waals surface area contributed by atoms with Gasteiger partial charge in [0.15, 0.2) is 5.65 Å². The van der Waals surface area contributed by atoms with Crippen molar-refractivity contribution in [1.82, 2.24) is 14.6 Å².